The number of benzene rings is 2. The first-order valence-corrected chi connectivity index (χ1v) is 22.6. The molecule has 2 aromatic carbocycles. The van der Waals surface area contributed by atoms with Crippen molar-refractivity contribution in [1.29, 1.82) is 0 Å². The van der Waals surface area contributed by atoms with E-state index in [1.165, 1.54) is 23.6 Å². The molecule has 0 unspecified atom stereocenters. The molecule has 0 bridgehead atoms. The van der Waals surface area contributed by atoms with Crippen LogP contribution >= 0.6 is 0 Å². The van der Waals surface area contributed by atoms with Crippen molar-refractivity contribution in [2.24, 2.45) is 5.73 Å². The van der Waals surface area contributed by atoms with Crippen molar-refractivity contribution >= 4 is 58.3 Å². The quantitative estimate of drug-likeness (QED) is 0.0932. The highest BCUT2D eigenvalue weighted by atomic mass is 16.6. The monoisotopic (exact) mass is 899 g/mol. The summed E-state index contributed by atoms with van der Waals surface area (Å²) >= 11 is 0. The summed E-state index contributed by atoms with van der Waals surface area (Å²) in [6.07, 6.45) is 4.67. The second-order valence-corrected chi connectivity index (χ2v) is 18.0. The van der Waals surface area contributed by atoms with Gasteiger partial charge in [-0.05, 0) is 83.9 Å². The van der Waals surface area contributed by atoms with E-state index in [4.69, 9.17) is 10.5 Å². The number of ether oxygens (including phenoxy) is 1. The minimum atomic E-state index is -1.24. The number of H-pyrrole nitrogens is 1. The lowest BCUT2D eigenvalue weighted by Crippen LogP contribution is -2.60. The third kappa shape index (κ3) is 13.5. The van der Waals surface area contributed by atoms with Crippen LogP contribution in [0, 0.1) is 0 Å². The van der Waals surface area contributed by atoms with Gasteiger partial charge in [0.25, 0.3) is 0 Å². The summed E-state index contributed by atoms with van der Waals surface area (Å²) in [5, 5.41) is 14.3. The minimum Gasteiger partial charge on any atom is -0.444 e. The maximum absolute atomic E-state index is 14.8. The Kier molecular flexibility index (Phi) is 17.1. The zero-order valence-corrected chi connectivity index (χ0v) is 38.2. The average molecular weight is 900 g/mol. The van der Waals surface area contributed by atoms with Crippen LogP contribution in [0.25, 0.3) is 10.9 Å². The van der Waals surface area contributed by atoms with E-state index in [0.29, 0.717) is 50.6 Å². The van der Waals surface area contributed by atoms with Gasteiger partial charge in [-0.2, -0.15) is 0 Å². The highest BCUT2D eigenvalue weighted by Crippen LogP contribution is 2.27. The van der Waals surface area contributed by atoms with Gasteiger partial charge in [0.15, 0.2) is 0 Å². The predicted molar refractivity (Wildman–Crippen MR) is 243 cm³/mol. The molecule has 0 radical (unpaired) electrons. The van der Waals surface area contributed by atoms with E-state index in [-0.39, 0.29) is 19.4 Å². The van der Waals surface area contributed by atoms with Crippen LogP contribution in [0.1, 0.15) is 97.6 Å². The van der Waals surface area contributed by atoms with E-state index in [2.05, 4.69) is 31.6 Å². The molecular weight excluding hydrogens is 835 g/mol. The number of amides is 8. The van der Waals surface area contributed by atoms with Gasteiger partial charge in [0, 0.05) is 43.0 Å². The Labute approximate surface area is 379 Å². The Morgan fingerprint density at radius 1 is 0.738 bits per heavy atom. The number of hydrogen-bond acceptors (Lipinski definition) is 9. The van der Waals surface area contributed by atoms with Gasteiger partial charge in [-0.3, -0.25) is 33.6 Å². The number of aromatic amines is 1. The zero-order chi connectivity index (χ0) is 47.4. The number of fused-ring (bicyclic) bond motifs is 1. The molecule has 65 heavy (non-hydrogen) atoms. The maximum Gasteiger partial charge on any atom is 0.408 e. The van der Waals surface area contributed by atoms with Crippen molar-refractivity contribution < 1.29 is 43.1 Å². The summed E-state index contributed by atoms with van der Waals surface area (Å²) in [6.45, 7) is 10.4. The number of nitrogens with one attached hydrogen (secondary N) is 6. The average Bonchev–Trinajstić information content (AvgIpc) is 4.05. The largest absolute Gasteiger partial charge is 0.444 e. The van der Waals surface area contributed by atoms with Crippen molar-refractivity contribution in [2.75, 3.05) is 13.1 Å². The number of carbonyl (C=O) groups is 8. The Morgan fingerprint density at radius 2 is 1.35 bits per heavy atom. The molecule has 1 aromatic heterocycles. The second-order valence-electron chi connectivity index (χ2n) is 18.0. The number of nitrogens with zero attached hydrogens (tertiary/aromatic N) is 2. The number of carbonyl (C=O) groups excluding carboxylic acids is 8. The fourth-order valence-corrected chi connectivity index (χ4v) is 8.25. The maximum atomic E-state index is 14.8. The van der Waals surface area contributed by atoms with Gasteiger partial charge < -0.3 is 51.8 Å². The summed E-state index contributed by atoms with van der Waals surface area (Å²) in [5.41, 5.74) is 7.05. The molecule has 8 amide bonds. The van der Waals surface area contributed by atoms with Crippen LogP contribution in [0.4, 0.5) is 4.79 Å². The van der Waals surface area contributed by atoms with E-state index in [9.17, 15) is 38.4 Å². The van der Waals surface area contributed by atoms with E-state index in [1.54, 1.807) is 27.0 Å². The van der Waals surface area contributed by atoms with Gasteiger partial charge in [0.2, 0.25) is 41.4 Å². The molecule has 2 saturated heterocycles. The fourth-order valence-electron chi connectivity index (χ4n) is 8.25. The molecule has 0 saturated carbocycles. The molecule has 18 nitrogen and oxygen atoms in total. The van der Waals surface area contributed by atoms with Gasteiger partial charge in [-0.15, -0.1) is 0 Å². The molecule has 3 aromatic rings. The molecular formula is C47H65N9O9. The standard InChI is InChI=1S/C47H65N9O9/c1-7-8-19-34(39(48)57)52-43(61)37-21-14-23-55(37)45(63)38-22-15-24-56(38)44(62)36(25-30-16-10-9-11-17-30)54-42(60)35(26-31-27-49-33-20-13-12-18-32(31)33)53-41(59)28(2)50-40(58)29(3)51-46(64)65-47(4,5)6/h9-13,16-18,20,27-29,34-38,49H,7-8,14-15,19,21-26H2,1-6H3,(H2,48,57)(H,50,58)(H,51,64)(H,52,61)(H,53,59)(H,54,60)/t28-,29-,34-,35+,36-,37-,38+/m0/s1. The van der Waals surface area contributed by atoms with Gasteiger partial charge in [-0.1, -0.05) is 68.3 Å². The normalized spacial score (nSPS) is 18.4. The third-order valence-corrected chi connectivity index (χ3v) is 11.7. The molecule has 0 spiro atoms. The van der Waals surface area contributed by atoms with Crippen molar-refractivity contribution in [3.8, 4) is 0 Å². The predicted octanol–water partition coefficient (Wildman–Crippen LogP) is 2.48. The number of para-hydroxylation sites is 1. The molecule has 8 N–H and O–H groups in total. The van der Waals surface area contributed by atoms with Crippen molar-refractivity contribution in [2.45, 2.75) is 147 Å². The Bertz CT molecular complexity index is 2190. The van der Waals surface area contributed by atoms with Crippen molar-refractivity contribution in [3.05, 3.63) is 71.9 Å². The Balaban J connectivity index is 1.36. The highest BCUT2D eigenvalue weighted by Gasteiger charge is 2.44. The van der Waals surface area contributed by atoms with Gasteiger partial charge in [0.05, 0.1) is 0 Å². The summed E-state index contributed by atoms with van der Waals surface area (Å²) in [5.74, 6) is -4.05. The van der Waals surface area contributed by atoms with E-state index >= 15 is 0 Å². The van der Waals surface area contributed by atoms with E-state index in [1.807, 2.05) is 61.5 Å². The molecule has 0 aliphatic carbocycles. The number of primary amides is 1. The first-order chi connectivity index (χ1) is 30.9. The van der Waals surface area contributed by atoms with Crippen LogP contribution in [0.15, 0.2) is 60.8 Å². The summed E-state index contributed by atoms with van der Waals surface area (Å²) in [6, 6.07) is 9.30. The molecule has 2 fully saturated rings. The lowest BCUT2D eigenvalue weighted by atomic mass is 10.0. The van der Waals surface area contributed by atoms with Crippen molar-refractivity contribution in [1.82, 2.24) is 41.4 Å². The van der Waals surface area contributed by atoms with Gasteiger partial charge in [0.1, 0.15) is 47.9 Å². The lowest BCUT2D eigenvalue weighted by Gasteiger charge is -2.33. The SMILES string of the molecule is CCCC[C@H](NC(=O)[C@@H]1CCCN1C(=O)[C@H]1CCCN1C(=O)[C@H](Cc1ccccc1)NC(=O)[C@@H](Cc1c[nH]c2ccccc12)NC(=O)[C@H](C)NC(=O)[C@H](C)NC(=O)OC(C)(C)C)C(N)=O. The molecule has 5 rings (SSSR count). The lowest BCUT2D eigenvalue weighted by molar-refractivity contribution is -0.148. The van der Waals surface area contributed by atoms with Crippen molar-refractivity contribution in [3.63, 3.8) is 0 Å². The number of aromatic nitrogens is 1. The van der Waals surface area contributed by atoms with Crippen LogP contribution in [0.5, 0.6) is 0 Å². The molecule has 2 aliphatic heterocycles. The van der Waals surface area contributed by atoms with E-state index < -0.39 is 95.3 Å². The number of hydrogen-bond donors (Lipinski definition) is 7. The van der Waals surface area contributed by atoms with Crippen LogP contribution in [-0.4, -0.2) is 123 Å². The zero-order valence-electron chi connectivity index (χ0n) is 38.2. The van der Waals surface area contributed by atoms with Crippen LogP contribution < -0.4 is 32.3 Å². The van der Waals surface area contributed by atoms with Gasteiger partial charge >= 0.3 is 6.09 Å². The Hall–Kier alpha value is -6.46. The molecule has 352 valence electrons. The minimum absolute atomic E-state index is 0.00337. The van der Waals surface area contributed by atoms with Crippen LogP contribution in [-0.2, 0) is 51.1 Å². The second kappa shape index (κ2) is 22.4. The summed E-state index contributed by atoms with van der Waals surface area (Å²) in [4.78, 5) is 115. The van der Waals surface area contributed by atoms with Crippen LogP contribution in [0.3, 0.4) is 0 Å². The highest BCUT2D eigenvalue weighted by molar-refractivity contribution is 5.98. The number of rotatable bonds is 19. The molecule has 3 heterocycles. The van der Waals surface area contributed by atoms with E-state index in [0.717, 1.165) is 22.9 Å². The number of nitrogens with two attached hydrogens (primary N) is 1. The molecule has 2 aliphatic rings. The number of likely N-dealkylation sites (tertiary alicyclic amines) is 2. The number of alkyl carbamates (subject to hydrolysis) is 1. The first kappa shape index (κ1) is 49.6. The Morgan fingerprint density at radius 3 is 2.03 bits per heavy atom. The smallest absolute Gasteiger partial charge is 0.408 e. The topological polar surface area (TPSA) is 254 Å². The molecule has 7 atom stereocenters. The third-order valence-electron chi connectivity index (χ3n) is 11.7. The molecule has 18 heteroatoms. The number of unbranched alkanes of at least 4 members (excludes halogenated alkanes) is 1. The fraction of sp³-hybridized carbons (Fsp3) is 0.532. The first-order valence-electron chi connectivity index (χ1n) is 22.6. The van der Waals surface area contributed by atoms with Crippen LogP contribution in [0.2, 0.25) is 0 Å². The van der Waals surface area contributed by atoms with Gasteiger partial charge in [-0.25, -0.2) is 4.79 Å². The summed E-state index contributed by atoms with van der Waals surface area (Å²) in [7, 11) is 0. The summed E-state index contributed by atoms with van der Waals surface area (Å²) < 4.78 is 5.24.